The lowest BCUT2D eigenvalue weighted by Crippen LogP contribution is -2.51. The summed E-state index contributed by atoms with van der Waals surface area (Å²) >= 11 is 3.23. The van der Waals surface area contributed by atoms with Crippen LogP contribution >= 0.6 is 16.1 Å². The Bertz CT molecular complexity index is 739. The van der Waals surface area contributed by atoms with Crippen LogP contribution in [0.4, 0.5) is 4.39 Å². The van der Waals surface area contributed by atoms with Gasteiger partial charge in [0.15, 0.2) is 0 Å². The number of alkyl halides is 1. The molecule has 0 bridgehead atoms. The first-order chi connectivity index (χ1) is 12.0. The third-order valence-corrected chi connectivity index (χ3v) is 4.90. The number of amides is 1. The predicted molar refractivity (Wildman–Crippen MR) is 96.8 cm³/mol. The summed E-state index contributed by atoms with van der Waals surface area (Å²) in [6.07, 6.45) is 0. The van der Waals surface area contributed by atoms with E-state index in [1.54, 1.807) is 11.0 Å². The summed E-state index contributed by atoms with van der Waals surface area (Å²) in [6, 6.07) is 9.84. The zero-order chi connectivity index (χ0) is 18.0. The molecule has 1 aliphatic heterocycles. The summed E-state index contributed by atoms with van der Waals surface area (Å²) in [5.74, 6) is 0.646. The molecule has 1 aromatic carbocycles. The third kappa shape index (κ3) is 4.03. The van der Waals surface area contributed by atoms with Crippen LogP contribution in [0, 0.1) is 5.92 Å². The average Bonchev–Trinajstić information content (AvgIpc) is 2.93. The molecule has 1 aromatic heterocycles. The molecule has 0 saturated carbocycles. The fraction of sp³-hybridized carbons (Fsp3) is 0.444. The van der Waals surface area contributed by atoms with E-state index in [1.165, 1.54) is 9.27 Å². The number of nitrogens with zero attached hydrogens (tertiary/aromatic N) is 3. The quantitative estimate of drug-likeness (QED) is 0.728. The molecule has 0 radical (unpaired) electrons. The highest BCUT2D eigenvalue weighted by molar-refractivity contribution is 9.08. The van der Waals surface area contributed by atoms with E-state index < -0.39 is 0 Å². The van der Waals surface area contributed by atoms with Crippen LogP contribution in [-0.4, -0.2) is 39.4 Å². The van der Waals surface area contributed by atoms with Crippen molar-refractivity contribution in [2.24, 2.45) is 5.92 Å². The molecule has 1 amide bonds. The molecule has 2 aromatic rings. The van der Waals surface area contributed by atoms with Crippen LogP contribution in [0.5, 0.6) is 5.88 Å². The summed E-state index contributed by atoms with van der Waals surface area (Å²) in [7, 11) is 0. The molecule has 0 unspecified atom stereocenters. The fourth-order valence-electron chi connectivity index (χ4n) is 2.70. The van der Waals surface area contributed by atoms with Crippen molar-refractivity contribution >= 4 is 22.1 Å². The van der Waals surface area contributed by atoms with Gasteiger partial charge < -0.3 is 9.64 Å². The molecule has 0 N–H and O–H groups in total. The Morgan fingerprint density at radius 2 is 2.04 bits per heavy atom. The van der Waals surface area contributed by atoms with E-state index >= 15 is 0 Å². The van der Waals surface area contributed by atoms with Gasteiger partial charge in [0.2, 0.25) is 5.88 Å². The standard InChI is InChI=1S/C18H21BrFN3O2/c1-12(2)15-5-3-13(4-6-15)11-25-17-7-16(23(19)21-17)18(24)22-9-14(8-20)10-22/h3-7,12,14H,8-11H2,1-2H3. The van der Waals surface area contributed by atoms with Crippen LogP contribution in [0.2, 0.25) is 0 Å². The molecule has 1 fully saturated rings. The van der Waals surface area contributed by atoms with E-state index in [0.717, 1.165) is 5.56 Å². The lowest BCUT2D eigenvalue weighted by molar-refractivity contribution is 0.0446. The Hall–Kier alpha value is -1.89. The van der Waals surface area contributed by atoms with Gasteiger partial charge in [0.25, 0.3) is 5.91 Å². The molecule has 0 spiro atoms. The topological polar surface area (TPSA) is 47.4 Å². The molecular formula is C18H21BrFN3O2. The largest absolute Gasteiger partial charge is 0.472 e. The molecule has 25 heavy (non-hydrogen) atoms. The minimum Gasteiger partial charge on any atom is -0.472 e. The second-order valence-corrected chi connectivity index (χ2v) is 7.32. The van der Waals surface area contributed by atoms with Crippen molar-refractivity contribution in [3.8, 4) is 5.88 Å². The maximum Gasteiger partial charge on any atom is 0.273 e. The number of benzene rings is 1. The highest BCUT2D eigenvalue weighted by Crippen LogP contribution is 2.23. The molecule has 0 aliphatic carbocycles. The molecule has 1 aliphatic rings. The minimum absolute atomic E-state index is 0.0415. The van der Waals surface area contributed by atoms with Crippen molar-refractivity contribution in [3.05, 3.63) is 47.2 Å². The zero-order valence-corrected chi connectivity index (χ0v) is 15.9. The van der Waals surface area contributed by atoms with Crippen LogP contribution in [-0.2, 0) is 6.61 Å². The van der Waals surface area contributed by atoms with Crippen molar-refractivity contribution in [3.63, 3.8) is 0 Å². The number of ether oxygens (including phenoxy) is 1. The number of hydrogen-bond acceptors (Lipinski definition) is 3. The molecule has 134 valence electrons. The average molecular weight is 410 g/mol. The monoisotopic (exact) mass is 409 g/mol. The van der Waals surface area contributed by atoms with Crippen molar-refractivity contribution < 1.29 is 13.9 Å². The van der Waals surface area contributed by atoms with Crippen molar-refractivity contribution in [1.82, 2.24) is 13.7 Å². The fourth-order valence-corrected chi connectivity index (χ4v) is 3.11. The molecular weight excluding hydrogens is 389 g/mol. The number of carbonyl (C=O) groups excluding carboxylic acids is 1. The Morgan fingerprint density at radius 1 is 1.36 bits per heavy atom. The lowest BCUT2D eigenvalue weighted by Gasteiger charge is -2.37. The second kappa shape index (κ2) is 7.56. The van der Waals surface area contributed by atoms with E-state index in [1.807, 2.05) is 12.1 Å². The van der Waals surface area contributed by atoms with E-state index in [4.69, 9.17) is 4.74 Å². The van der Waals surface area contributed by atoms with Gasteiger partial charge in [-0.1, -0.05) is 38.1 Å². The van der Waals surface area contributed by atoms with E-state index in [0.29, 0.717) is 37.2 Å². The van der Waals surface area contributed by atoms with Crippen LogP contribution in [0.3, 0.4) is 0 Å². The molecule has 5 nitrogen and oxygen atoms in total. The summed E-state index contributed by atoms with van der Waals surface area (Å²) in [5, 5.41) is 4.16. The second-order valence-electron chi connectivity index (χ2n) is 6.64. The highest BCUT2D eigenvalue weighted by Gasteiger charge is 2.33. The van der Waals surface area contributed by atoms with Gasteiger partial charge in [-0.15, -0.1) is 5.10 Å². The Labute approximate surface area is 155 Å². The number of halogens is 2. The first-order valence-electron chi connectivity index (χ1n) is 8.31. The molecule has 7 heteroatoms. The SMILES string of the molecule is CC(C)c1ccc(COc2cc(C(=O)N3CC(CF)C3)n(Br)n2)cc1. The smallest absolute Gasteiger partial charge is 0.273 e. The predicted octanol–water partition coefficient (Wildman–Crippen LogP) is 3.79. The van der Waals surface area contributed by atoms with Gasteiger partial charge in [-0.25, -0.2) is 0 Å². The third-order valence-electron chi connectivity index (χ3n) is 4.36. The van der Waals surface area contributed by atoms with E-state index in [-0.39, 0.29) is 18.5 Å². The van der Waals surface area contributed by atoms with Gasteiger partial charge >= 0.3 is 0 Å². The van der Waals surface area contributed by atoms with Crippen LogP contribution in [0.15, 0.2) is 30.3 Å². The molecule has 2 heterocycles. The highest BCUT2D eigenvalue weighted by atomic mass is 79.9. The van der Waals surface area contributed by atoms with E-state index in [9.17, 15) is 9.18 Å². The van der Waals surface area contributed by atoms with Gasteiger partial charge in [-0.05, 0) is 17.0 Å². The summed E-state index contributed by atoms with van der Waals surface area (Å²) in [5.41, 5.74) is 2.69. The Kier molecular flexibility index (Phi) is 5.42. The summed E-state index contributed by atoms with van der Waals surface area (Å²) in [4.78, 5) is 14.0. The number of carbonyl (C=O) groups is 1. The van der Waals surface area contributed by atoms with Crippen molar-refractivity contribution in [2.75, 3.05) is 19.8 Å². The van der Waals surface area contributed by atoms with Crippen molar-refractivity contribution in [2.45, 2.75) is 26.4 Å². The Balaban J connectivity index is 1.59. The van der Waals surface area contributed by atoms with E-state index in [2.05, 4.69) is 47.2 Å². The molecule has 3 rings (SSSR count). The number of rotatable bonds is 6. The maximum atomic E-state index is 12.5. The first kappa shape index (κ1) is 17.9. The number of likely N-dealkylation sites (tertiary alicyclic amines) is 1. The summed E-state index contributed by atoms with van der Waals surface area (Å²) < 4.78 is 19.5. The zero-order valence-electron chi connectivity index (χ0n) is 14.3. The van der Waals surface area contributed by atoms with Crippen molar-refractivity contribution in [1.29, 1.82) is 0 Å². The van der Waals surface area contributed by atoms with Gasteiger partial charge in [0.05, 0.1) is 22.8 Å². The first-order valence-corrected chi connectivity index (χ1v) is 9.02. The van der Waals surface area contributed by atoms with Crippen LogP contribution < -0.4 is 4.74 Å². The van der Waals surface area contributed by atoms with Gasteiger partial charge in [0, 0.05) is 25.1 Å². The van der Waals surface area contributed by atoms with Gasteiger partial charge in [-0.3, -0.25) is 9.18 Å². The normalized spacial score (nSPS) is 14.7. The van der Waals surface area contributed by atoms with Crippen LogP contribution in [0.25, 0.3) is 0 Å². The van der Waals surface area contributed by atoms with Gasteiger partial charge in [0.1, 0.15) is 12.3 Å². The Morgan fingerprint density at radius 3 is 2.64 bits per heavy atom. The maximum absolute atomic E-state index is 12.5. The number of aromatic nitrogens is 2. The molecule has 0 atom stereocenters. The minimum atomic E-state index is -0.388. The van der Waals surface area contributed by atoms with Gasteiger partial charge in [-0.2, -0.15) is 3.71 Å². The molecule has 1 saturated heterocycles. The lowest BCUT2D eigenvalue weighted by atomic mass is 10.0. The number of hydrogen-bond donors (Lipinski definition) is 0. The summed E-state index contributed by atoms with van der Waals surface area (Å²) in [6.45, 7) is 5.20. The van der Waals surface area contributed by atoms with Crippen LogP contribution in [0.1, 0.15) is 41.4 Å².